The van der Waals surface area contributed by atoms with E-state index in [4.69, 9.17) is 17.3 Å². The molecule has 0 radical (unpaired) electrons. The van der Waals surface area contributed by atoms with Crippen LogP contribution in [0.1, 0.15) is 47.0 Å². The van der Waals surface area contributed by atoms with Gasteiger partial charge in [0.25, 0.3) is 5.91 Å². The molecular formula is C20H23ClN2O4S2. The van der Waals surface area contributed by atoms with Crippen molar-refractivity contribution in [2.75, 3.05) is 11.1 Å². The molecule has 0 fully saturated rings. The molecular weight excluding hydrogens is 432 g/mol. The Hall–Kier alpha value is -1.90. The third-order valence-corrected chi connectivity index (χ3v) is 8.24. The average molecular weight is 455 g/mol. The molecule has 1 aromatic carbocycles. The summed E-state index contributed by atoms with van der Waals surface area (Å²) in [5, 5.41) is 3.70. The van der Waals surface area contributed by atoms with Gasteiger partial charge >= 0.3 is 0 Å². The first-order valence-corrected chi connectivity index (χ1v) is 12.2. The van der Waals surface area contributed by atoms with Crippen molar-refractivity contribution in [2.45, 2.75) is 43.9 Å². The lowest BCUT2D eigenvalue weighted by Gasteiger charge is -2.18. The van der Waals surface area contributed by atoms with Gasteiger partial charge in [0.2, 0.25) is 5.91 Å². The van der Waals surface area contributed by atoms with Crippen molar-refractivity contribution in [3.8, 4) is 0 Å². The van der Waals surface area contributed by atoms with Crippen LogP contribution in [0.2, 0.25) is 5.02 Å². The molecule has 1 heterocycles. The molecule has 9 heteroatoms. The second-order valence-corrected chi connectivity index (χ2v) is 11.0. The number of nitrogens with one attached hydrogen (secondary N) is 1. The number of thiophene rings is 1. The van der Waals surface area contributed by atoms with Crippen LogP contribution in [0.5, 0.6) is 0 Å². The minimum Gasteiger partial charge on any atom is -0.365 e. The Morgan fingerprint density at radius 2 is 1.97 bits per heavy atom. The van der Waals surface area contributed by atoms with E-state index in [1.807, 2.05) is 0 Å². The first-order chi connectivity index (χ1) is 13.7. The molecule has 1 unspecified atom stereocenters. The third kappa shape index (κ3) is 5.18. The molecule has 0 bridgehead atoms. The van der Waals surface area contributed by atoms with Crippen molar-refractivity contribution in [3.63, 3.8) is 0 Å². The van der Waals surface area contributed by atoms with Gasteiger partial charge < -0.3 is 11.1 Å². The fraction of sp³-hybridized carbons (Fsp3) is 0.400. The molecule has 1 aromatic heterocycles. The summed E-state index contributed by atoms with van der Waals surface area (Å²) < 4.78 is 24.7. The van der Waals surface area contributed by atoms with E-state index >= 15 is 0 Å². The van der Waals surface area contributed by atoms with Crippen LogP contribution in [-0.2, 0) is 27.5 Å². The summed E-state index contributed by atoms with van der Waals surface area (Å²) in [5.74, 6) is -0.491. The van der Waals surface area contributed by atoms with Crippen molar-refractivity contribution in [1.29, 1.82) is 0 Å². The molecule has 156 valence electrons. The van der Waals surface area contributed by atoms with Crippen LogP contribution in [0.25, 0.3) is 0 Å². The van der Waals surface area contributed by atoms with Crippen molar-refractivity contribution in [1.82, 2.24) is 0 Å². The lowest BCUT2D eigenvalue weighted by molar-refractivity contribution is -0.116. The predicted octanol–water partition coefficient (Wildman–Crippen LogP) is 3.82. The number of hydrogen-bond donors (Lipinski definition) is 2. The van der Waals surface area contributed by atoms with Gasteiger partial charge in [-0.15, -0.1) is 11.3 Å². The largest absolute Gasteiger partial charge is 0.365 e. The van der Waals surface area contributed by atoms with Gasteiger partial charge in [0.15, 0.2) is 9.84 Å². The van der Waals surface area contributed by atoms with Gasteiger partial charge in [-0.3, -0.25) is 9.59 Å². The SMILES string of the molecule is CC1CCc2c(sc(NC(=O)CCCS(=O)(=O)c3ccc(Cl)cc3)c2C(N)=O)C1. The number of rotatable bonds is 7. The smallest absolute Gasteiger partial charge is 0.251 e. The van der Waals surface area contributed by atoms with E-state index in [1.165, 1.54) is 35.6 Å². The lowest BCUT2D eigenvalue weighted by Crippen LogP contribution is -2.19. The van der Waals surface area contributed by atoms with Crippen molar-refractivity contribution < 1.29 is 18.0 Å². The van der Waals surface area contributed by atoms with Gasteiger partial charge in [-0.1, -0.05) is 18.5 Å². The summed E-state index contributed by atoms with van der Waals surface area (Å²) in [4.78, 5) is 25.6. The van der Waals surface area contributed by atoms with Crippen LogP contribution >= 0.6 is 22.9 Å². The molecule has 1 atom stereocenters. The zero-order valence-corrected chi connectivity index (χ0v) is 18.4. The van der Waals surface area contributed by atoms with E-state index in [0.717, 1.165) is 29.7 Å². The number of benzene rings is 1. The van der Waals surface area contributed by atoms with Crippen LogP contribution in [0, 0.1) is 5.92 Å². The predicted molar refractivity (Wildman–Crippen MR) is 115 cm³/mol. The highest BCUT2D eigenvalue weighted by Crippen LogP contribution is 2.39. The van der Waals surface area contributed by atoms with Gasteiger partial charge in [-0.25, -0.2) is 8.42 Å². The number of carbonyl (C=O) groups excluding carboxylic acids is 2. The van der Waals surface area contributed by atoms with E-state index < -0.39 is 15.7 Å². The van der Waals surface area contributed by atoms with Crippen LogP contribution in [-0.4, -0.2) is 26.0 Å². The molecule has 0 saturated heterocycles. The second-order valence-electron chi connectivity index (χ2n) is 7.34. The number of carbonyl (C=O) groups is 2. The quantitative estimate of drug-likeness (QED) is 0.663. The highest BCUT2D eigenvalue weighted by molar-refractivity contribution is 7.91. The van der Waals surface area contributed by atoms with Crippen LogP contribution in [0.15, 0.2) is 29.2 Å². The first kappa shape index (κ1) is 21.8. The zero-order chi connectivity index (χ0) is 21.2. The maximum absolute atomic E-state index is 12.4. The van der Waals surface area contributed by atoms with Crippen molar-refractivity contribution in [2.24, 2.45) is 11.7 Å². The highest BCUT2D eigenvalue weighted by atomic mass is 35.5. The minimum atomic E-state index is -3.49. The summed E-state index contributed by atoms with van der Waals surface area (Å²) in [5.41, 5.74) is 6.90. The van der Waals surface area contributed by atoms with Gasteiger partial charge in [-0.05, 0) is 61.4 Å². The number of amides is 2. The minimum absolute atomic E-state index is 0.0317. The molecule has 2 amide bonds. The van der Waals surface area contributed by atoms with Crippen LogP contribution in [0.4, 0.5) is 5.00 Å². The molecule has 1 aliphatic rings. The molecule has 0 spiro atoms. The topological polar surface area (TPSA) is 106 Å². The molecule has 29 heavy (non-hydrogen) atoms. The summed E-state index contributed by atoms with van der Waals surface area (Å²) in [6.07, 6.45) is 2.84. The number of primary amides is 1. The normalized spacial score (nSPS) is 16.3. The van der Waals surface area contributed by atoms with Crippen molar-refractivity contribution in [3.05, 3.63) is 45.3 Å². The number of fused-ring (bicyclic) bond motifs is 1. The molecule has 6 nitrogen and oxygen atoms in total. The number of halogens is 1. The average Bonchev–Trinajstić information content (AvgIpc) is 2.98. The lowest BCUT2D eigenvalue weighted by atomic mass is 9.88. The number of hydrogen-bond acceptors (Lipinski definition) is 5. The van der Waals surface area contributed by atoms with Crippen molar-refractivity contribution >= 4 is 49.6 Å². The Bertz CT molecular complexity index is 1030. The standard InChI is InChI=1S/C20H23ClN2O4S2/c1-12-4-9-15-16(11-12)28-20(18(15)19(22)25)23-17(24)3-2-10-29(26,27)14-7-5-13(21)6-8-14/h5-8,12H,2-4,9-11H2,1H3,(H2,22,25)(H,23,24). The second kappa shape index (κ2) is 8.85. The fourth-order valence-corrected chi connectivity index (χ4v) is 6.34. The third-order valence-electron chi connectivity index (χ3n) is 5.00. The van der Waals surface area contributed by atoms with Gasteiger partial charge in [0, 0.05) is 16.3 Å². The summed E-state index contributed by atoms with van der Waals surface area (Å²) in [7, 11) is -3.49. The number of nitrogens with two attached hydrogens (primary N) is 1. The van der Waals surface area contributed by atoms with E-state index in [9.17, 15) is 18.0 Å². The van der Waals surface area contributed by atoms with Gasteiger partial charge in [-0.2, -0.15) is 0 Å². The van der Waals surface area contributed by atoms with Gasteiger partial charge in [0.05, 0.1) is 16.2 Å². The van der Waals surface area contributed by atoms with Crippen LogP contribution in [0.3, 0.4) is 0 Å². The number of anilines is 1. The van der Waals surface area contributed by atoms with E-state index in [-0.39, 0.29) is 29.4 Å². The van der Waals surface area contributed by atoms with E-state index in [1.54, 1.807) is 0 Å². The zero-order valence-electron chi connectivity index (χ0n) is 16.0. The molecule has 2 aromatic rings. The Morgan fingerprint density at radius 3 is 2.62 bits per heavy atom. The fourth-order valence-electron chi connectivity index (χ4n) is 3.47. The number of sulfone groups is 1. The van der Waals surface area contributed by atoms with E-state index in [2.05, 4.69) is 12.2 Å². The Kier molecular flexibility index (Phi) is 6.65. The maximum Gasteiger partial charge on any atom is 0.251 e. The first-order valence-electron chi connectivity index (χ1n) is 9.40. The molecule has 3 rings (SSSR count). The summed E-state index contributed by atoms with van der Waals surface area (Å²) >= 11 is 7.18. The Labute approximate surface area is 179 Å². The molecule has 1 aliphatic carbocycles. The summed E-state index contributed by atoms with van der Waals surface area (Å²) in [6.45, 7) is 2.16. The van der Waals surface area contributed by atoms with Crippen LogP contribution < -0.4 is 11.1 Å². The summed E-state index contributed by atoms with van der Waals surface area (Å²) in [6, 6.07) is 5.94. The maximum atomic E-state index is 12.4. The molecule has 0 saturated carbocycles. The van der Waals surface area contributed by atoms with Gasteiger partial charge in [0.1, 0.15) is 5.00 Å². The Morgan fingerprint density at radius 1 is 1.28 bits per heavy atom. The monoisotopic (exact) mass is 454 g/mol. The Balaban J connectivity index is 1.63. The molecule has 3 N–H and O–H groups in total. The van der Waals surface area contributed by atoms with E-state index in [0.29, 0.717) is 21.5 Å². The molecule has 0 aliphatic heterocycles. The highest BCUT2D eigenvalue weighted by Gasteiger charge is 2.27.